The number of carbonyl (C=O) groups is 1. The minimum Gasteiger partial charge on any atom is -0.378 e. The van der Waals surface area contributed by atoms with E-state index < -0.39 is 0 Å². The van der Waals surface area contributed by atoms with Gasteiger partial charge in [-0.15, -0.1) is 0 Å². The first-order valence-corrected chi connectivity index (χ1v) is 5.64. The zero-order chi connectivity index (χ0) is 10.5. The van der Waals surface area contributed by atoms with Gasteiger partial charge in [0.2, 0.25) is 5.91 Å². The molecule has 0 spiro atoms. The Bertz CT molecular complexity index is 241. The predicted molar refractivity (Wildman–Crippen MR) is 57.6 cm³/mol. The van der Waals surface area contributed by atoms with Crippen molar-refractivity contribution in [2.24, 2.45) is 0 Å². The minimum atomic E-state index is 0.139. The third kappa shape index (κ3) is 3.04. The van der Waals surface area contributed by atoms with Crippen LogP contribution < -0.4 is 5.32 Å². The van der Waals surface area contributed by atoms with Crippen molar-refractivity contribution in [1.82, 2.24) is 10.2 Å². The summed E-state index contributed by atoms with van der Waals surface area (Å²) in [6, 6.07) is 0.199. The first-order chi connectivity index (χ1) is 7.36. The number of amides is 1. The molecule has 0 aliphatic carbocycles. The van der Waals surface area contributed by atoms with Crippen molar-refractivity contribution in [1.29, 1.82) is 0 Å². The molecule has 0 radical (unpaired) electrons. The summed E-state index contributed by atoms with van der Waals surface area (Å²) in [5, 5.41) is 3.28. The SMILES string of the molecule is O=C(/C=C/C1COCCN1)N1CCCC1. The average molecular weight is 210 g/mol. The molecular formula is C11H18N2O2. The van der Waals surface area contributed by atoms with Gasteiger partial charge >= 0.3 is 0 Å². The maximum Gasteiger partial charge on any atom is 0.246 e. The molecule has 1 unspecified atom stereocenters. The van der Waals surface area contributed by atoms with Crippen molar-refractivity contribution < 1.29 is 9.53 Å². The smallest absolute Gasteiger partial charge is 0.246 e. The summed E-state index contributed by atoms with van der Waals surface area (Å²) in [5.41, 5.74) is 0. The van der Waals surface area contributed by atoms with Gasteiger partial charge in [0, 0.05) is 31.8 Å². The van der Waals surface area contributed by atoms with Crippen molar-refractivity contribution in [2.45, 2.75) is 18.9 Å². The lowest BCUT2D eigenvalue weighted by Gasteiger charge is -2.21. The maximum atomic E-state index is 11.7. The molecule has 0 aromatic carbocycles. The molecule has 0 bridgehead atoms. The lowest BCUT2D eigenvalue weighted by atomic mass is 10.2. The molecule has 2 fully saturated rings. The fraction of sp³-hybridized carbons (Fsp3) is 0.727. The summed E-state index contributed by atoms with van der Waals surface area (Å²) in [6.07, 6.45) is 5.88. The van der Waals surface area contributed by atoms with Gasteiger partial charge in [0.1, 0.15) is 0 Å². The van der Waals surface area contributed by atoms with E-state index in [1.807, 2.05) is 11.0 Å². The van der Waals surface area contributed by atoms with Crippen molar-refractivity contribution in [3.8, 4) is 0 Å². The van der Waals surface area contributed by atoms with E-state index in [-0.39, 0.29) is 11.9 Å². The van der Waals surface area contributed by atoms with Crippen molar-refractivity contribution >= 4 is 5.91 Å². The van der Waals surface area contributed by atoms with E-state index >= 15 is 0 Å². The Hall–Kier alpha value is -0.870. The number of carbonyl (C=O) groups excluding carboxylic acids is 1. The number of rotatable bonds is 2. The van der Waals surface area contributed by atoms with Gasteiger partial charge in [-0.1, -0.05) is 6.08 Å². The van der Waals surface area contributed by atoms with Crippen LogP contribution in [0.5, 0.6) is 0 Å². The average Bonchev–Trinajstić information content (AvgIpc) is 2.81. The molecule has 15 heavy (non-hydrogen) atoms. The Morgan fingerprint density at radius 1 is 1.40 bits per heavy atom. The van der Waals surface area contributed by atoms with Gasteiger partial charge in [0.05, 0.1) is 13.2 Å². The third-order valence-electron chi connectivity index (χ3n) is 2.84. The van der Waals surface area contributed by atoms with Crippen LogP contribution in [0.1, 0.15) is 12.8 Å². The van der Waals surface area contributed by atoms with E-state index in [0.29, 0.717) is 6.61 Å². The quantitative estimate of drug-likeness (QED) is 0.660. The van der Waals surface area contributed by atoms with E-state index in [1.54, 1.807) is 6.08 Å². The van der Waals surface area contributed by atoms with Crippen LogP contribution in [0.15, 0.2) is 12.2 Å². The number of likely N-dealkylation sites (tertiary alicyclic amines) is 1. The second-order valence-corrected chi connectivity index (χ2v) is 4.03. The largest absolute Gasteiger partial charge is 0.378 e. The molecule has 4 nitrogen and oxygen atoms in total. The van der Waals surface area contributed by atoms with Gasteiger partial charge < -0.3 is 15.0 Å². The summed E-state index contributed by atoms with van der Waals surface area (Å²) >= 11 is 0. The summed E-state index contributed by atoms with van der Waals surface area (Å²) in [7, 11) is 0. The van der Waals surface area contributed by atoms with E-state index in [9.17, 15) is 4.79 Å². The Kier molecular flexibility index (Phi) is 3.75. The van der Waals surface area contributed by atoms with Gasteiger partial charge in [-0.25, -0.2) is 0 Å². The normalized spacial score (nSPS) is 27.5. The lowest BCUT2D eigenvalue weighted by molar-refractivity contribution is -0.125. The van der Waals surface area contributed by atoms with Crippen LogP contribution in [-0.2, 0) is 9.53 Å². The predicted octanol–water partition coefficient (Wildman–Crippen LogP) is 0.153. The van der Waals surface area contributed by atoms with Crippen LogP contribution in [-0.4, -0.2) is 49.7 Å². The molecular weight excluding hydrogens is 192 g/mol. The molecule has 2 rings (SSSR count). The highest BCUT2D eigenvalue weighted by atomic mass is 16.5. The zero-order valence-corrected chi connectivity index (χ0v) is 8.95. The second-order valence-electron chi connectivity index (χ2n) is 4.03. The van der Waals surface area contributed by atoms with Crippen LogP contribution in [0.2, 0.25) is 0 Å². The van der Waals surface area contributed by atoms with Crippen LogP contribution in [0.4, 0.5) is 0 Å². The zero-order valence-electron chi connectivity index (χ0n) is 8.95. The molecule has 2 aliphatic rings. The van der Waals surface area contributed by atoms with Crippen LogP contribution in [0.3, 0.4) is 0 Å². The number of hydrogen-bond donors (Lipinski definition) is 1. The highest BCUT2D eigenvalue weighted by Crippen LogP contribution is 2.08. The van der Waals surface area contributed by atoms with Gasteiger partial charge in [0.15, 0.2) is 0 Å². The summed E-state index contributed by atoms with van der Waals surface area (Å²) in [5.74, 6) is 0.139. The Morgan fingerprint density at radius 2 is 2.20 bits per heavy atom. The number of ether oxygens (including phenoxy) is 1. The summed E-state index contributed by atoms with van der Waals surface area (Å²) < 4.78 is 5.30. The first kappa shape index (κ1) is 10.6. The van der Waals surface area contributed by atoms with Crippen molar-refractivity contribution in [3.05, 3.63) is 12.2 Å². The molecule has 1 amide bonds. The summed E-state index contributed by atoms with van der Waals surface area (Å²) in [6.45, 7) is 4.14. The molecule has 2 heterocycles. The third-order valence-corrected chi connectivity index (χ3v) is 2.84. The van der Waals surface area contributed by atoms with Gasteiger partial charge in [0.25, 0.3) is 0 Å². The standard InChI is InChI=1S/C11H18N2O2/c14-11(13-6-1-2-7-13)4-3-10-9-15-8-5-12-10/h3-4,10,12H,1-2,5-9H2/b4-3+. The monoisotopic (exact) mass is 210 g/mol. The van der Waals surface area contributed by atoms with Crippen LogP contribution in [0.25, 0.3) is 0 Å². The van der Waals surface area contributed by atoms with Gasteiger partial charge in [-0.05, 0) is 12.8 Å². The molecule has 2 saturated heterocycles. The molecule has 0 aromatic heterocycles. The maximum absolute atomic E-state index is 11.7. The molecule has 1 N–H and O–H groups in total. The number of nitrogens with zero attached hydrogens (tertiary/aromatic N) is 1. The summed E-state index contributed by atoms with van der Waals surface area (Å²) in [4.78, 5) is 13.6. The molecule has 2 aliphatic heterocycles. The highest BCUT2D eigenvalue weighted by Gasteiger charge is 2.16. The van der Waals surface area contributed by atoms with Gasteiger partial charge in [-0.3, -0.25) is 4.79 Å². The second kappa shape index (κ2) is 5.28. The minimum absolute atomic E-state index is 0.139. The van der Waals surface area contributed by atoms with Crippen molar-refractivity contribution in [2.75, 3.05) is 32.8 Å². The number of nitrogens with one attached hydrogen (secondary N) is 1. The molecule has 0 saturated carbocycles. The molecule has 84 valence electrons. The Labute approximate surface area is 90.3 Å². The number of hydrogen-bond acceptors (Lipinski definition) is 3. The lowest BCUT2D eigenvalue weighted by Crippen LogP contribution is -2.40. The van der Waals surface area contributed by atoms with Crippen LogP contribution in [0, 0.1) is 0 Å². The number of morpholine rings is 1. The Balaban J connectivity index is 1.78. The topological polar surface area (TPSA) is 41.6 Å². The first-order valence-electron chi connectivity index (χ1n) is 5.64. The fourth-order valence-corrected chi connectivity index (χ4v) is 1.95. The Morgan fingerprint density at radius 3 is 2.87 bits per heavy atom. The van der Waals surface area contributed by atoms with E-state index in [4.69, 9.17) is 4.74 Å². The van der Waals surface area contributed by atoms with Crippen LogP contribution >= 0.6 is 0 Å². The van der Waals surface area contributed by atoms with E-state index in [0.717, 1.165) is 39.1 Å². The fourth-order valence-electron chi connectivity index (χ4n) is 1.95. The van der Waals surface area contributed by atoms with E-state index in [2.05, 4.69) is 5.32 Å². The van der Waals surface area contributed by atoms with Crippen molar-refractivity contribution in [3.63, 3.8) is 0 Å². The molecule has 4 heteroatoms. The molecule has 0 aromatic rings. The van der Waals surface area contributed by atoms with E-state index in [1.165, 1.54) is 0 Å². The van der Waals surface area contributed by atoms with Gasteiger partial charge in [-0.2, -0.15) is 0 Å². The highest BCUT2D eigenvalue weighted by molar-refractivity contribution is 5.87. The molecule has 1 atom stereocenters.